The van der Waals surface area contributed by atoms with Gasteiger partial charge in [0.05, 0.1) is 11.6 Å². The Labute approximate surface area is 219 Å². The maximum atomic E-state index is 11.8. The van der Waals surface area contributed by atoms with Gasteiger partial charge in [0, 0.05) is 55.7 Å². The number of carbonyl (C=O) groups is 1. The van der Waals surface area contributed by atoms with Gasteiger partial charge in [-0.1, -0.05) is 49.6 Å². The molecule has 1 amide bonds. The Morgan fingerprint density at radius 3 is 2.38 bits per heavy atom. The summed E-state index contributed by atoms with van der Waals surface area (Å²) < 4.78 is 8.48. The number of fused-ring (bicyclic) bond motifs is 1. The molecule has 1 aliphatic rings. The quantitative estimate of drug-likeness (QED) is 0.0840. The molecule has 1 aromatic rings. The van der Waals surface area contributed by atoms with E-state index in [-0.39, 0.29) is 11.5 Å². The fraction of sp³-hybridized carbons (Fsp3) is 0.650. The van der Waals surface area contributed by atoms with Crippen molar-refractivity contribution in [1.82, 2.24) is 4.31 Å². The van der Waals surface area contributed by atoms with Crippen molar-refractivity contribution < 1.29 is 14.6 Å². The number of benzene rings is 1. The Bertz CT molecular complexity index is 704. The van der Waals surface area contributed by atoms with Gasteiger partial charge < -0.3 is 19.5 Å². The van der Waals surface area contributed by atoms with E-state index in [2.05, 4.69) is 18.2 Å². The molecule has 0 spiro atoms. The van der Waals surface area contributed by atoms with Crippen molar-refractivity contribution >= 4 is 82.7 Å². The molecule has 0 N–H and O–H groups in total. The smallest absolute Gasteiger partial charge is 0.147 e. The normalized spacial score (nSPS) is 14.4. The van der Waals surface area contributed by atoms with Gasteiger partial charge in [-0.05, 0) is 62.2 Å². The summed E-state index contributed by atoms with van der Waals surface area (Å²) in [4.78, 5) is 13.1. The van der Waals surface area contributed by atoms with Gasteiger partial charge in [0.1, 0.15) is 17.4 Å². The molecular weight excluding hydrogens is 541 g/mol. The second kappa shape index (κ2) is 15.6. The highest BCUT2D eigenvalue weighted by atomic mass is 33.9. The molecule has 0 saturated carbocycles. The topological polar surface area (TPSA) is 55.8 Å². The van der Waals surface area contributed by atoms with Crippen LogP contribution in [0.1, 0.15) is 58.9 Å². The van der Waals surface area contributed by atoms with Crippen LogP contribution in [0.25, 0.3) is 0 Å². The van der Waals surface area contributed by atoms with Crippen molar-refractivity contribution in [2.24, 2.45) is 0 Å². The highest BCUT2D eigenvalue weighted by Crippen LogP contribution is 2.55. The molecule has 0 saturated heterocycles. The van der Waals surface area contributed by atoms with Crippen molar-refractivity contribution in [3.8, 4) is 5.75 Å². The van der Waals surface area contributed by atoms with E-state index in [4.69, 9.17) is 4.74 Å². The van der Waals surface area contributed by atoms with Gasteiger partial charge in [-0.3, -0.25) is 0 Å². The number of unbranched alkanes of at least 4 members (excludes halogenated alkanes) is 2. The van der Waals surface area contributed by atoms with Crippen LogP contribution in [-0.4, -0.2) is 35.0 Å². The largest absolute Gasteiger partial charge is 0.530 e. The fourth-order valence-electron chi connectivity index (χ4n) is 3.07. The summed E-state index contributed by atoms with van der Waals surface area (Å²) in [5.74, 6) is 0.948. The molecule has 0 aromatic heterocycles. The molecular formula is C20H31N2O3S7-. The van der Waals surface area contributed by atoms with Crippen LogP contribution in [0.15, 0.2) is 18.2 Å². The molecule has 5 nitrogen and oxygen atoms in total. The van der Waals surface area contributed by atoms with Crippen molar-refractivity contribution in [3.05, 3.63) is 23.8 Å². The molecule has 0 unspecified atom stereocenters. The minimum absolute atomic E-state index is 0.287. The third kappa shape index (κ3) is 10.1. The van der Waals surface area contributed by atoms with Crippen LogP contribution in [-0.2, 0) is 6.42 Å². The van der Waals surface area contributed by atoms with E-state index in [1.807, 2.05) is 37.0 Å². The number of carbonyl (C=O) groups excluding carboxylic acids is 1. The first-order valence-electron chi connectivity index (χ1n) is 10.5. The number of hydrogen-bond acceptors (Lipinski definition) is 11. The first-order chi connectivity index (χ1) is 15.4. The zero-order chi connectivity index (χ0) is 23.4. The number of nitrogens with zero attached hydrogens (tertiary/aromatic N) is 2. The van der Waals surface area contributed by atoms with Gasteiger partial charge in [0.2, 0.25) is 0 Å². The Hall–Kier alpha value is 0.700. The highest BCUT2D eigenvalue weighted by molar-refractivity contribution is 9.45. The number of para-hydroxylation sites is 1. The van der Waals surface area contributed by atoms with Gasteiger partial charge in [0.15, 0.2) is 0 Å². The molecule has 12 heteroatoms. The minimum Gasteiger partial charge on any atom is -0.530 e. The van der Waals surface area contributed by atoms with E-state index in [1.54, 1.807) is 55.2 Å². The Morgan fingerprint density at radius 1 is 1.06 bits per heavy atom. The second-order valence-electron chi connectivity index (χ2n) is 7.80. The van der Waals surface area contributed by atoms with Crippen LogP contribution in [0.5, 0.6) is 5.75 Å². The Kier molecular flexibility index (Phi) is 14.1. The first-order valence-corrected chi connectivity index (χ1v) is 19.5. The van der Waals surface area contributed by atoms with Gasteiger partial charge in [-0.15, -0.1) is 0 Å². The summed E-state index contributed by atoms with van der Waals surface area (Å²) in [7, 11) is 11.8. The molecule has 1 heterocycles. The van der Waals surface area contributed by atoms with Gasteiger partial charge in [-0.2, -0.15) is 0 Å². The van der Waals surface area contributed by atoms with Crippen LogP contribution < -0.4 is 14.7 Å². The lowest BCUT2D eigenvalue weighted by Gasteiger charge is -2.27. The van der Waals surface area contributed by atoms with Gasteiger partial charge >= 0.3 is 0 Å². The maximum Gasteiger partial charge on any atom is 0.147 e. The van der Waals surface area contributed by atoms with Crippen LogP contribution in [0.2, 0.25) is 0 Å². The predicted octanol–water partition coefficient (Wildman–Crippen LogP) is 7.95. The Balaban J connectivity index is 1.70. The monoisotopic (exact) mass is 571 g/mol. The van der Waals surface area contributed by atoms with E-state index in [0.717, 1.165) is 25.1 Å². The van der Waals surface area contributed by atoms with Crippen molar-refractivity contribution in [1.29, 1.82) is 0 Å². The molecule has 32 heavy (non-hydrogen) atoms. The summed E-state index contributed by atoms with van der Waals surface area (Å²) >= 11 is 0. The van der Waals surface area contributed by atoms with Crippen molar-refractivity contribution in [3.63, 3.8) is 0 Å². The number of hydrogen-bond donors (Lipinski definition) is 0. The van der Waals surface area contributed by atoms with Crippen LogP contribution in [0, 0.1) is 0 Å². The standard InChI is InChI=1S/C20H32N2O3S7/c1-5-7-12-21(13-8-6-2)27-29-31-32-30-28-26-15-22(19(23)24)17-11-9-10-16-14-20(3,4)25-18(16)17/h9-11H,5-8,12-15H2,1-4H3,(H,23,24)/p-1. The number of rotatable bonds is 16. The lowest BCUT2D eigenvalue weighted by molar-refractivity contribution is -0.246. The molecule has 2 rings (SSSR count). The third-order valence-corrected chi connectivity index (χ3v) is 17.4. The molecule has 1 aliphatic heterocycles. The van der Waals surface area contributed by atoms with Crippen LogP contribution in [0.4, 0.5) is 10.5 Å². The van der Waals surface area contributed by atoms with E-state index in [1.165, 1.54) is 41.4 Å². The maximum absolute atomic E-state index is 11.8. The molecule has 0 atom stereocenters. The number of carboxylic acid groups (broad SMARTS) is 1. The average Bonchev–Trinajstić information content (AvgIpc) is 3.07. The number of amides is 1. The van der Waals surface area contributed by atoms with E-state index in [0.29, 0.717) is 11.4 Å². The summed E-state index contributed by atoms with van der Waals surface area (Å²) in [6.07, 6.45) is 4.47. The summed E-state index contributed by atoms with van der Waals surface area (Å²) in [6.45, 7) is 10.8. The zero-order valence-electron chi connectivity index (χ0n) is 18.9. The highest BCUT2D eigenvalue weighted by Gasteiger charge is 2.33. The molecule has 0 bridgehead atoms. The van der Waals surface area contributed by atoms with Crippen molar-refractivity contribution in [2.45, 2.75) is 65.4 Å². The lowest BCUT2D eigenvalue weighted by atomic mass is 10.0. The summed E-state index contributed by atoms with van der Waals surface area (Å²) in [5.41, 5.74) is 1.29. The molecule has 1 aromatic carbocycles. The van der Waals surface area contributed by atoms with E-state index in [9.17, 15) is 9.90 Å². The SMILES string of the molecule is CCCCN(CCCC)SSSSSSSCN(C(=O)[O-])c1cccc2c1OC(C)(C)C2. The fourth-order valence-corrected chi connectivity index (χ4v) is 17.1. The first kappa shape index (κ1) is 28.9. The van der Waals surface area contributed by atoms with E-state index < -0.39 is 6.09 Å². The molecule has 182 valence electrons. The van der Waals surface area contributed by atoms with Crippen LogP contribution in [0.3, 0.4) is 0 Å². The van der Waals surface area contributed by atoms with Gasteiger partial charge in [-0.25, -0.2) is 4.31 Å². The molecule has 0 fully saturated rings. The number of anilines is 1. The average molecular weight is 572 g/mol. The van der Waals surface area contributed by atoms with Crippen LogP contribution >= 0.6 is 70.9 Å². The second-order valence-corrected chi connectivity index (χ2v) is 19.0. The minimum atomic E-state index is -1.21. The third-order valence-electron chi connectivity index (χ3n) is 4.58. The Morgan fingerprint density at radius 2 is 1.72 bits per heavy atom. The predicted molar refractivity (Wildman–Crippen MR) is 152 cm³/mol. The molecule has 0 aliphatic carbocycles. The van der Waals surface area contributed by atoms with Crippen molar-refractivity contribution in [2.75, 3.05) is 23.9 Å². The molecule has 0 radical (unpaired) electrons. The van der Waals surface area contributed by atoms with Gasteiger partial charge in [0.25, 0.3) is 0 Å². The lowest BCUT2D eigenvalue weighted by Crippen LogP contribution is -2.41. The number of ether oxygens (including phenoxy) is 1. The summed E-state index contributed by atoms with van der Waals surface area (Å²) in [6, 6.07) is 5.66. The summed E-state index contributed by atoms with van der Waals surface area (Å²) in [5, 5.41) is 11.8. The van der Waals surface area contributed by atoms with E-state index >= 15 is 0 Å². The zero-order valence-corrected chi connectivity index (χ0v) is 24.6.